The molecule has 3 rings (SSSR count). The molecule has 1 atom stereocenters. The second-order valence-corrected chi connectivity index (χ2v) is 5.35. The molecule has 0 spiro atoms. The third kappa shape index (κ3) is 2.50. The highest BCUT2D eigenvalue weighted by Crippen LogP contribution is 2.33. The van der Waals surface area contributed by atoms with Gasteiger partial charge in [-0.25, -0.2) is 5.06 Å². The van der Waals surface area contributed by atoms with Crippen molar-refractivity contribution in [3.63, 3.8) is 0 Å². The van der Waals surface area contributed by atoms with Crippen LogP contribution in [0.15, 0.2) is 6.20 Å². The Kier molecular flexibility index (Phi) is 3.52. The number of carbonyl (C=O) groups is 1. The molecule has 1 aromatic rings. The normalized spacial score (nSPS) is 24.9. The highest BCUT2D eigenvalue weighted by molar-refractivity contribution is 5.94. The van der Waals surface area contributed by atoms with Crippen molar-refractivity contribution in [2.24, 2.45) is 0 Å². The Labute approximate surface area is 111 Å². The Balaban J connectivity index is 1.77. The standard InChI is InChI=1S/C13H19N3O3/c17-10-7-16(19-8-10)13(18)11-6-14-15-12(11)9-4-2-1-3-5-9/h6,9-10,17H,1-5,7-8H2,(H,14,15)/t10-/m0/s1. The van der Waals surface area contributed by atoms with Gasteiger partial charge in [-0.1, -0.05) is 19.3 Å². The van der Waals surface area contributed by atoms with Gasteiger partial charge < -0.3 is 5.11 Å². The predicted octanol–water partition coefficient (Wildman–Crippen LogP) is 1.21. The summed E-state index contributed by atoms with van der Waals surface area (Å²) in [5, 5.41) is 17.7. The number of nitrogens with one attached hydrogen (secondary N) is 1. The first-order chi connectivity index (χ1) is 9.25. The molecule has 1 saturated carbocycles. The van der Waals surface area contributed by atoms with Crippen LogP contribution in [0, 0.1) is 0 Å². The van der Waals surface area contributed by atoms with E-state index in [4.69, 9.17) is 4.84 Å². The van der Waals surface area contributed by atoms with Crippen LogP contribution in [0.4, 0.5) is 0 Å². The van der Waals surface area contributed by atoms with Crippen LogP contribution in [0.5, 0.6) is 0 Å². The molecule has 0 radical (unpaired) electrons. The molecule has 0 unspecified atom stereocenters. The molecular weight excluding hydrogens is 246 g/mol. The molecule has 1 aliphatic carbocycles. The third-order valence-electron chi connectivity index (χ3n) is 3.94. The fourth-order valence-corrected chi connectivity index (χ4v) is 2.92. The van der Waals surface area contributed by atoms with Crippen molar-refractivity contribution >= 4 is 5.91 Å². The molecule has 6 nitrogen and oxygen atoms in total. The number of aromatic amines is 1. The second-order valence-electron chi connectivity index (χ2n) is 5.35. The van der Waals surface area contributed by atoms with E-state index in [2.05, 4.69) is 10.2 Å². The number of nitrogens with zero attached hydrogens (tertiary/aromatic N) is 2. The number of rotatable bonds is 2. The number of aliphatic hydroxyl groups is 1. The first kappa shape index (κ1) is 12.6. The molecule has 2 heterocycles. The molecule has 2 aliphatic rings. The minimum atomic E-state index is -0.589. The lowest BCUT2D eigenvalue weighted by molar-refractivity contribution is -0.0780. The first-order valence-corrected chi connectivity index (χ1v) is 6.92. The number of aromatic nitrogens is 2. The highest BCUT2D eigenvalue weighted by atomic mass is 16.7. The summed E-state index contributed by atoms with van der Waals surface area (Å²) in [5.41, 5.74) is 1.51. The van der Waals surface area contributed by atoms with Crippen LogP contribution in [0.2, 0.25) is 0 Å². The zero-order valence-corrected chi connectivity index (χ0v) is 10.8. The van der Waals surface area contributed by atoms with Gasteiger partial charge in [-0.15, -0.1) is 0 Å². The van der Waals surface area contributed by atoms with Crippen molar-refractivity contribution in [3.05, 3.63) is 17.5 Å². The summed E-state index contributed by atoms with van der Waals surface area (Å²) in [6, 6.07) is 0. The molecule has 2 fully saturated rings. The zero-order chi connectivity index (χ0) is 13.2. The molecule has 0 aromatic carbocycles. The van der Waals surface area contributed by atoms with Crippen LogP contribution in [0.25, 0.3) is 0 Å². The Morgan fingerprint density at radius 3 is 2.89 bits per heavy atom. The van der Waals surface area contributed by atoms with Crippen LogP contribution in [0.3, 0.4) is 0 Å². The molecule has 1 amide bonds. The fourth-order valence-electron chi connectivity index (χ4n) is 2.92. The van der Waals surface area contributed by atoms with Crippen molar-refractivity contribution in [3.8, 4) is 0 Å². The fraction of sp³-hybridized carbons (Fsp3) is 0.692. The first-order valence-electron chi connectivity index (χ1n) is 6.92. The van der Waals surface area contributed by atoms with Crippen molar-refractivity contribution in [1.29, 1.82) is 0 Å². The van der Waals surface area contributed by atoms with Gasteiger partial charge in [-0.2, -0.15) is 5.10 Å². The zero-order valence-electron chi connectivity index (χ0n) is 10.8. The summed E-state index contributed by atoms with van der Waals surface area (Å²) in [4.78, 5) is 17.5. The highest BCUT2D eigenvalue weighted by Gasteiger charge is 2.31. The quantitative estimate of drug-likeness (QED) is 0.842. The topological polar surface area (TPSA) is 78.5 Å². The van der Waals surface area contributed by atoms with Crippen molar-refractivity contribution in [2.45, 2.75) is 44.1 Å². The minimum Gasteiger partial charge on any atom is -0.389 e. The molecule has 19 heavy (non-hydrogen) atoms. The van der Waals surface area contributed by atoms with Crippen LogP contribution in [0.1, 0.15) is 54.1 Å². The lowest BCUT2D eigenvalue weighted by Crippen LogP contribution is -2.29. The van der Waals surface area contributed by atoms with E-state index < -0.39 is 6.10 Å². The average Bonchev–Trinajstić information content (AvgIpc) is 3.07. The smallest absolute Gasteiger partial charge is 0.280 e. The van der Waals surface area contributed by atoms with Crippen molar-refractivity contribution in [1.82, 2.24) is 15.3 Å². The van der Waals surface area contributed by atoms with Gasteiger partial charge in [-0.3, -0.25) is 14.7 Å². The summed E-state index contributed by atoms with van der Waals surface area (Å²) in [7, 11) is 0. The molecular formula is C13H19N3O3. The average molecular weight is 265 g/mol. The summed E-state index contributed by atoms with van der Waals surface area (Å²) < 4.78 is 0. The summed E-state index contributed by atoms with van der Waals surface area (Å²) in [5.74, 6) is 0.189. The minimum absolute atomic E-state index is 0.183. The lowest BCUT2D eigenvalue weighted by Gasteiger charge is -2.22. The summed E-state index contributed by atoms with van der Waals surface area (Å²) >= 11 is 0. The van der Waals surface area contributed by atoms with E-state index >= 15 is 0 Å². The number of β-amino-alcohol motifs (C(OH)–C–C–N with tert-alkyl or cyclic N) is 1. The van der Waals surface area contributed by atoms with Gasteiger partial charge in [0.25, 0.3) is 5.91 Å². The summed E-state index contributed by atoms with van der Waals surface area (Å²) in [6.45, 7) is 0.413. The maximum Gasteiger partial charge on any atom is 0.280 e. The number of hydrogen-bond donors (Lipinski definition) is 2. The van der Waals surface area contributed by atoms with Crippen molar-refractivity contribution < 1.29 is 14.7 Å². The number of H-pyrrole nitrogens is 1. The second kappa shape index (κ2) is 5.30. The number of hydroxylamine groups is 2. The van der Waals surface area contributed by atoms with E-state index in [0.717, 1.165) is 18.5 Å². The Bertz CT molecular complexity index is 454. The SMILES string of the molecule is O=C(c1cn[nH]c1C1CCCCC1)N1C[C@H](O)CO1. The van der Waals surface area contributed by atoms with Gasteiger partial charge >= 0.3 is 0 Å². The lowest BCUT2D eigenvalue weighted by atomic mass is 9.85. The summed E-state index contributed by atoms with van der Waals surface area (Å²) in [6.07, 6.45) is 6.87. The van der Waals surface area contributed by atoms with Gasteiger partial charge in [0.15, 0.2) is 0 Å². The number of amides is 1. The van der Waals surface area contributed by atoms with Crippen molar-refractivity contribution in [2.75, 3.05) is 13.2 Å². The predicted molar refractivity (Wildman–Crippen MR) is 67.4 cm³/mol. The Hall–Kier alpha value is -1.40. The van der Waals surface area contributed by atoms with Crippen LogP contribution >= 0.6 is 0 Å². The van der Waals surface area contributed by atoms with E-state index in [1.165, 1.54) is 24.3 Å². The number of hydrogen-bond acceptors (Lipinski definition) is 4. The van der Waals surface area contributed by atoms with E-state index in [9.17, 15) is 9.90 Å². The van der Waals surface area contributed by atoms with E-state index in [1.807, 2.05) is 0 Å². The van der Waals surface area contributed by atoms with Gasteiger partial charge in [0.05, 0.1) is 24.0 Å². The maximum atomic E-state index is 12.3. The Morgan fingerprint density at radius 1 is 1.42 bits per heavy atom. The molecule has 104 valence electrons. The molecule has 6 heteroatoms. The van der Waals surface area contributed by atoms with E-state index in [0.29, 0.717) is 11.5 Å². The largest absolute Gasteiger partial charge is 0.389 e. The van der Waals surface area contributed by atoms with Gasteiger partial charge in [0.2, 0.25) is 0 Å². The molecule has 2 N–H and O–H groups in total. The van der Waals surface area contributed by atoms with Crippen LogP contribution in [-0.4, -0.2) is 45.5 Å². The van der Waals surface area contributed by atoms with Gasteiger partial charge in [0.1, 0.15) is 12.7 Å². The van der Waals surface area contributed by atoms with E-state index in [1.54, 1.807) is 6.20 Å². The van der Waals surface area contributed by atoms with Crippen LogP contribution in [-0.2, 0) is 4.84 Å². The molecule has 1 aliphatic heterocycles. The molecule has 1 saturated heterocycles. The van der Waals surface area contributed by atoms with Gasteiger partial charge in [0, 0.05) is 5.92 Å². The third-order valence-corrected chi connectivity index (χ3v) is 3.94. The maximum absolute atomic E-state index is 12.3. The number of carbonyl (C=O) groups excluding carboxylic acids is 1. The molecule has 0 bridgehead atoms. The van der Waals surface area contributed by atoms with Gasteiger partial charge in [-0.05, 0) is 12.8 Å². The van der Waals surface area contributed by atoms with Crippen LogP contribution < -0.4 is 0 Å². The Morgan fingerprint density at radius 2 is 2.21 bits per heavy atom. The monoisotopic (exact) mass is 265 g/mol. The van der Waals surface area contributed by atoms with E-state index in [-0.39, 0.29) is 19.1 Å². The number of aliphatic hydroxyl groups excluding tert-OH is 1. The molecule has 1 aromatic heterocycles.